The van der Waals surface area contributed by atoms with Gasteiger partial charge in [0.1, 0.15) is 67.5 Å². The summed E-state index contributed by atoms with van der Waals surface area (Å²) in [5.74, 6) is -1.43. The Hall–Kier alpha value is -7.65. The van der Waals surface area contributed by atoms with Gasteiger partial charge in [-0.3, -0.25) is 34.2 Å². The summed E-state index contributed by atoms with van der Waals surface area (Å²) < 4.78 is 110. The van der Waals surface area contributed by atoms with Crippen LogP contribution in [0.3, 0.4) is 0 Å². The summed E-state index contributed by atoms with van der Waals surface area (Å²) in [4.78, 5) is 81.7. The first-order valence-corrected chi connectivity index (χ1v) is 37.4. The molecule has 8 heterocycles. The number of aromatic nitrogens is 4. The molecular formula is C71H91F3N12O9S3. The second-order valence-electron chi connectivity index (χ2n) is 29.8. The van der Waals surface area contributed by atoms with Crippen molar-refractivity contribution in [3.05, 3.63) is 147 Å². The molecule has 0 aliphatic carbocycles. The van der Waals surface area contributed by atoms with Crippen LogP contribution in [0.1, 0.15) is 196 Å². The van der Waals surface area contributed by atoms with Crippen molar-refractivity contribution in [1.29, 1.82) is 0 Å². The smallest absolute Gasteiger partial charge is 0.312 e. The molecule has 0 spiro atoms. The lowest BCUT2D eigenvalue weighted by molar-refractivity contribution is -0.154. The maximum atomic E-state index is 15.5. The van der Waals surface area contributed by atoms with Crippen molar-refractivity contribution in [3.8, 4) is 0 Å². The average molecular weight is 1410 g/mol. The van der Waals surface area contributed by atoms with Gasteiger partial charge in [-0.15, -0.1) is 0 Å². The third-order valence-electron chi connectivity index (χ3n) is 19.4. The highest BCUT2D eigenvalue weighted by Crippen LogP contribution is 2.52. The van der Waals surface area contributed by atoms with Crippen LogP contribution in [0.2, 0.25) is 0 Å². The van der Waals surface area contributed by atoms with Gasteiger partial charge in [0.05, 0.1) is 78.4 Å². The SMILES string of the molecule is CC(C)(C)OC(=O)CC1=N[C@](C)(c2cc(N)ccc2F)[C@@H]2CCN=[S@]2(=O)C1(C)C.Cc1ncc(C(=O)Cc2ccc(F)c([C@@]3(C)N=C(CC(=O)OC(C)(C)C)C(C)(C)[S@@]4(=O)=NCC[C@@H]34)c2)cn1.Cc1ncc(C(=O)Cc2ccc(F)c([C@@]3(C)N=C(N)C(C)(C)[S@@]4(=O)=NCC[C@@H]34)c2)cn1. The number of anilines is 1. The summed E-state index contributed by atoms with van der Waals surface area (Å²) in [5.41, 5.74) is 11.3. The van der Waals surface area contributed by atoms with Crippen molar-refractivity contribution in [3.63, 3.8) is 0 Å². The summed E-state index contributed by atoms with van der Waals surface area (Å²) in [6.45, 7) is 31.4. The van der Waals surface area contributed by atoms with Gasteiger partial charge < -0.3 is 20.9 Å². The first-order chi connectivity index (χ1) is 45.3. The second-order valence-corrected chi connectivity index (χ2v) is 38.8. The molecule has 2 aromatic heterocycles. The van der Waals surface area contributed by atoms with Gasteiger partial charge in [0.25, 0.3) is 0 Å². The highest BCUT2D eigenvalue weighted by molar-refractivity contribution is 7.97. The molecule has 3 aromatic carbocycles. The van der Waals surface area contributed by atoms with Crippen molar-refractivity contribution < 1.29 is 54.4 Å². The minimum Gasteiger partial charge on any atom is -0.460 e. The van der Waals surface area contributed by atoms with E-state index in [0.29, 0.717) is 89.9 Å². The van der Waals surface area contributed by atoms with E-state index in [1.165, 1.54) is 49.1 Å². The Morgan fingerprint density at radius 2 is 0.796 bits per heavy atom. The number of halogens is 3. The molecule has 0 unspecified atom stereocenters. The fourth-order valence-electron chi connectivity index (χ4n) is 13.9. The normalized spacial score (nSPS) is 28.5. The molecule has 0 bridgehead atoms. The second kappa shape index (κ2) is 26.5. The zero-order valence-electron chi connectivity index (χ0n) is 59.0. The van der Waals surface area contributed by atoms with Crippen LogP contribution in [0.25, 0.3) is 0 Å². The van der Waals surface area contributed by atoms with Gasteiger partial charge in [0.15, 0.2) is 11.6 Å². The summed E-state index contributed by atoms with van der Waals surface area (Å²) in [5, 5.41) is -1.49. The summed E-state index contributed by atoms with van der Waals surface area (Å²) in [7, 11) is -8.51. The zero-order chi connectivity index (χ0) is 72.5. The number of fused-ring (bicyclic) bond motifs is 3. The summed E-state index contributed by atoms with van der Waals surface area (Å²) in [6, 6.07) is 13.3. The van der Waals surface area contributed by atoms with E-state index in [0.717, 1.165) is 0 Å². The number of ether oxygens (including phenoxy) is 2. The third kappa shape index (κ3) is 13.9. The quantitative estimate of drug-likeness (QED) is 0.0629. The lowest BCUT2D eigenvalue weighted by Crippen LogP contribution is -2.58. The van der Waals surface area contributed by atoms with Crippen molar-refractivity contribution >= 4 is 75.6 Å². The van der Waals surface area contributed by atoms with E-state index >= 15 is 8.78 Å². The molecule has 98 heavy (non-hydrogen) atoms. The van der Waals surface area contributed by atoms with Crippen molar-refractivity contribution in [1.82, 2.24) is 19.9 Å². The number of nitrogen functional groups attached to an aromatic ring is 1. The molecule has 0 saturated carbocycles. The van der Waals surface area contributed by atoms with Crippen molar-refractivity contribution in [2.75, 3.05) is 25.4 Å². The van der Waals surface area contributed by atoms with Gasteiger partial charge in [0, 0.05) is 91.1 Å². The number of Topliss-reactive ketones (excluding diaryl/α,β-unsaturated/α-hetero) is 2. The van der Waals surface area contributed by atoms with Crippen LogP contribution < -0.4 is 11.5 Å². The van der Waals surface area contributed by atoms with Crippen LogP contribution in [-0.2, 0) is 77.7 Å². The maximum absolute atomic E-state index is 15.5. The monoisotopic (exact) mass is 1410 g/mol. The Balaban J connectivity index is 0.000000174. The average Bonchev–Trinajstić information content (AvgIpc) is 1.38. The fourth-order valence-corrected chi connectivity index (χ4v) is 23.6. The minimum atomic E-state index is -2.93. The number of aliphatic imine (C=N–C) groups is 3. The first-order valence-electron chi connectivity index (χ1n) is 32.7. The number of aryl methyl sites for hydroxylation is 2. The Labute approximate surface area is 574 Å². The van der Waals surface area contributed by atoms with E-state index < -0.39 is 116 Å². The molecule has 11 rings (SSSR count). The number of rotatable bonds is 13. The van der Waals surface area contributed by atoms with Gasteiger partial charge in [-0.25, -0.2) is 58.8 Å². The zero-order valence-corrected chi connectivity index (χ0v) is 61.4. The van der Waals surface area contributed by atoms with Crippen LogP contribution in [0.5, 0.6) is 0 Å². The topological polar surface area (TPSA) is 316 Å². The molecule has 528 valence electrons. The molecule has 0 radical (unpaired) electrons. The van der Waals surface area contributed by atoms with Crippen LogP contribution in [0.4, 0.5) is 18.9 Å². The number of ketones is 2. The largest absolute Gasteiger partial charge is 0.460 e. The summed E-state index contributed by atoms with van der Waals surface area (Å²) in [6.07, 6.45) is 7.25. The number of carbonyl (C=O) groups is 4. The van der Waals surface area contributed by atoms with Crippen LogP contribution in [0, 0.1) is 31.3 Å². The molecule has 27 heteroatoms. The van der Waals surface area contributed by atoms with E-state index in [2.05, 4.69) is 38.0 Å². The van der Waals surface area contributed by atoms with Gasteiger partial charge in [-0.1, -0.05) is 12.1 Å². The molecule has 0 amide bonds. The Bertz CT molecular complexity index is 4550. The predicted octanol–water partition coefficient (Wildman–Crippen LogP) is 11.6. The van der Waals surface area contributed by atoms with Gasteiger partial charge in [0.2, 0.25) is 0 Å². The predicted molar refractivity (Wildman–Crippen MR) is 376 cm³/mol. The van der Waals surface area contributed by atoms with E-state index in [-0.39, 0.29) is 59.8 Å². The fraction of sp³-hybridized carbons (Fsp3) is 0.535. The summed E-state index contributed by atoms with van der Waals surface area (Å²) >= 11 is 0. The first kappa shape index (κ1) is 74.6. The number of nitrogens with zero attached hydrogens (tertiary/aromatic N) is 10. The van der Waals surface area contributed by atoms with Crippen molar-refractivity contribution in [2.24, 2.45) is 33.8 Å². The molecule has 4 N–H and O–H groups in total. The number of nitrogens with two attached hydrogens (primary N) is 2. The molecule has 6 aliphatic rings. The highest BCUT2D eigenvalue weighted by Gasteiger charge is 2.60. The Morgan fingerprint density at radius 1 is 0.480 bits per heavy atom. The number of hydrogen-bond acceptors (Lipinski definition) is 21. The Kier molecular flexibility index (Phi) is 20.1. The van der Waals surface area contributed by atoms with Crippen LogP contribution >= 0.6 is 0 Å². The highest BCUT2D eigenvalue weighted by atomic mass is 32.2. The molecule has 0 saturated heterocycles. The van der Waals surface area contributed by atoms with E-state index in [4.69, 9.17) is 30.9 Å². The third-order valence-corrected chi connectivity index (χ3v) is 30.6. The van der Waals surface area contributed by atoms with Gasteiger partial charge in [-0.2, -0.15) is 0 Å². The van der Waals surface area contributed by atoms with E-state index in [1.807, 2.05) is 0 Å². The lowest BCUT2D eigenvalue weighted by Gasteiger charge is -2.46. The van der Waals surface area contributed by atoms with Crippen molar-refractivity contribution in [2.45, 2.75) is 220 Å². The van der Waals surface area contributed by atoms with Gasteiger partial charge in [-0.05, 0) is 191 Å². The Morgan fingerprint density at radius 3 is 1.14 bits per heavy atom. The number of carbonyl (C=O) groups excluding carboxylic acids is 4. The lowest BCUT2D eigenvalue weighted by atomic mass is 9.84. The van der Waals surface area contributed by atoms with Crippen LogP contribution in [-0.4, -0.2) is 134 Å². The number of esters is 2. The number of amidine groups is 1. The molecule has 0 fully saturated rings. The number of hydrogen-bond donors (Lipinski definition) is 2. The molecule has 21 nitrogen and oxygen atoms in total. The van der Waals surface area contributed by atoms with Crippen LogP contribution in [0.15, 0.2) is 107 Å². The standard InChI is InChI=1S/C28H35FN4O4S.C22H26FN5O2S.C21H30FN3O3S/c1-17-30-15-19(16-31-17)22(34)13-18-8-9-21(29)20(12-18)28(7)24-10-11-32-38(24,36)27(5,6)23(33-28)14-25(35)37-26(2,3)4;1-13-25-11-15(12-26-13)18(29)10-14-5-6-17(23)16(9-14)22(4)19-7-8-27-31(19,30)21(2,3)20(24)28-22;1-19(2,3)28-18(26)12-16-20(4,5)29(27)17(9-10-24-29)21(6,25-16)14-11-13(23)7-8-15(14)22/h8-9,12,15-16,24H,10-11,13-14H2,1-7H3;5-6,9,11-12,19H,7-8,10H2,1-4H3,(H2,24,28);7-8,11,17H,9-10,12,23H2,1-6H3/t24-,28+,38+;19-,22+,31+;17-,21+,29+/m000/s1. The van der Waals surface area contributed by atoms with Gasteiger partial charge >= 0.3 is 11.9 Å². The molecule has 9 atom stereocenters. The molecule has 5 aromatic rings. The van der Waals surface area contributed by atoms with E-state index in [9.17, 15) is 36.2 Å². The van der Waals surface area contributed by atoms with E-state index in [1.54, 1.807) is 148 Å². The number of benzene rings is 3. The maximum Gasteiger partial charge on any atom is 0.312 e. The minimum absolute atomic E-state index is 0.0141. The molecular weight excluding hydrogens is 1320 g/mol. The molecule has 6 aliphatic heterocycles.